The Morgan fingerprint density at radius 2 is 1.69 bits per heavy atom. The Balaban J connectivity index is 2.11. The summed E-state index contributed by atoms with van der Waals surface area (Å²) < 4.78 is 0. The van der Waals surface area contributed by atoms with Gasteiger partial charge in [0.05, 0.1) is 11.9 Å². The normalized spacial score (nSPS) is 10.4. The number of benzene rings is 1. The molecule has 16 heavy (non-hydrogen) atoms. The lowest BCUT2D eigenvalue weighted by molar-refractivity contribution is 0.823. The zero-order valence-corrected chi connectivity index (χ0v) is 9.64. The zero-order chi connectivity index (χ0) is 11.4. The molecule has 0 aliphatic heterocycles. The van der Waals surface area contributed by atoms with E-state index in [1.165, 1.54) is 0 Å². The van der Waals surface area contributed by atoms with Crippen LogP contribution >= 0.6 is 0 Å². The molecular formula is C14H16N2. The van der Waals surface area contributed by atoms with Crippen molar-refractivity contribution in [2.45, 2.75) is 19.8 Å². The van der Waals surface area contributed by atoms with Crippen molar-refractivity contribution < 1.29 is 0 Å². The summed E-state index contributed by atoms with van der Waals surface area (Å²) in [6.45, 7) is 4.29. The number of nitrogens with zero attached hydrogens (tertiary/aromatic N) is 1. The number of pyridine rings is 1. The van der Waals surface area contributed by atoms with Crippen LogP contribution in [0.2, 0.25) is 0 Å². The molecule has 0 aliphatic carbocycles. The highest BCUT2D eigenvalue weighted by molar-refractivity contribution is 5.58. The minimum absolute atomic E-state index is 0.478. The van der Waals surface area contributed by atoms with E-state index in [9.17, 15) is 0 Å². The van der Waals surface area contributed by atoms with Crippen LogP contribution in [0, 0.1) is 0 Å². The Hall–Kier alpha value is -1.83. The molecule has 2 heteroatoms. The number of anilines is 2. The third-order valence-electron chi connectivity index (χ3n) is 2.44. The van der Waals surface area contributed by atoms with Crippen molar-refractivity contribution in [3.05, 3.63) is 54.4 Å². The van der Waals surface area contributed by atoms with Crippen LogP contribution in [0.3, 0.4) is 0 Å². The van der Waals surface area contributed by atoms with Gasteiger partial charge in [0.1, 0.15) is 0 Å². The van der Waals surface area contributed by atoms with E-state index in [2.05, 4.69) is 36.3 Å². The molecule has 0 fully saturated rings. The van der Waals surface area contributed by atoms with E-state index in [0.29, 0.717) is 5.92 Å². The SMILES string of the molecule is CC(C)c1ccc(Nc2ccccc2)cn1. The number of rotatable bonds is 3. The van der Waals surface area contributed by atoms with Gasteiger partial charge in [-0.25, -0.2) is 0 Å². The summed E-state index contributed by atoms with van der Waals surface area (Å²) >= 11 is 0. The van der Waals surface area contributed by atoms with Crippen molar-refractivity contribution in [2.24, 2.45) is 0 Å². The van der Waals surface area contributed by atoms with E-state index in [1.54, 1.807) is 0 Å². The molecule has 1 heterocycles. The van der Waals surface area contributed by atoms with Crippen molar-refractivity contribution in [1.29, 1.82) is 0 Å². The molecule has 0 atom stereocenters. The Labute approximate surface area is 96.4 Å². The van der Waals surface area contributed by atoms with E-state index < -0.39 is 0 Å². The smallest absolute Gasteiger partial charge is 0.0570 e. The minimum Gasteiger partial charge on any atom is -0.354 e. The maximum Gasteiger partial charge on any atom is 0.0570 e. The third kappa shape index (κ3) is 2.60. The highest BCUT2D eigenvalue weighted by Gasteiger charge is 2.00. The average molecular weight is 212 g/mol. The Morgan fingerprint density at radius 1 is 0.938 bits per heavy atom. The summed E-state index contributed by atoms with van der Waals surface area (Å²) in [4.78, 5) is 4.41. The van der Waals surface area contributed by atoms with E-state index in [4.69, 9.17) is 0 Å². The monoisotopic (exact) mass is 212 g/mol. The van der Waals surface area contributed by atoms with Crippen molar-refractivity contribution in [3.63, 3.8) is 0 Å². The predicted octanol–water partition coefficient (Wildman–Crippen LogP) is 3.95. The predicted molar refractivity (Wildman–Crippen MR) is 68.1 cm³/mol. The fourth-order valence-corrected chi connectivity index (χ4v) is 1.51. The van der Waals surface area contributed by atoms with Gasteiger partial charge in [-0.3, -0.25) is 4.98 Å². The minimum atomic E-state index is 0.478. The lowest BCUT2D eigenvalue weighted by atomic mass is 10.1. The van der Waals surface area contributed by atoms with Crippen molar-refractivity contribution in [2.75, 3.05) is 5.32 Å². The van der Waals surface area contributed by atoms with Crippen LogP contribution in [-0.4, -0.2) is 4.98 Å². The van der Waals surface area contributed by atoms with Crippen LogP contribution in [0.15, 0.2) is 48.7 Å². The molecule has 0 bridgehead atoms. The van der Waals surface area contributed by atoms with Gasteiger partial charge < -0.3 is 5.32 Å². The largest absolute Gasteiger partial charge is 0.354 e. The first-order chi connectivity index (χ1) is 7.75. The van der Waals surface area contributed by atoms with Gasteiger partial charge >= 0.3 is 0 Å². The summed E-state index contributed by atoms with van der Waals surface area (Å²) in [7, 11) is 0. The van der Waals surface area contributed by atoms with Gasteiger partial charge in [-0.15, -0.1) is 0 Å². The second kappa shape index (κ2) is 4.79. The standard InChI is InChI=1S/C14H16N2/c1-11(2)14-9-8-13(10-15-14)16-12-6-4-3-5-7-12/h3-11,16H,1-2H3. The Kier molecular flexibility index (Phi) is 3.20. The van der Waals surface area contributed by atoms with E-state index in [0.717, 1.165) is 17.1 Å². The molecule has 82 valence electrons. The van der Waals surface area contributed by atoms with Crippen LogP contribution in [-0.2, 0) is 0 Å². The lowest BCUT2D eigenvalue weighted by Crippen LogP contribution is -1.95. The van der Waals surface area contributed by atoms with Crippen LogP contribution in [0.5, 0.6) is 0 Å². The molecule has 0 radical (unpaired) electrons. The van der Waals surface area contributed by atoms with Gasteiger partial charge in [-0.1, -0.05) is 32.0 Å². The van der Waals surface area contributed by atoms with Crippen molar-refractivity contribution in [1.82, 2.24) is 4.98 Å². The van der Waals surface area contributed by atoms with Crippen LogP contribution in [0.25, 0.3) is 0 Å². The molecule has 0 spiro atoms. The number of hydrogen-bond acceptors (Lipinski definition) is 2. The first-order valence-corrected chi connectivity index (χ1v) is 5.54. The molecular weight excluding hydrogens is 196 g/mol. The number of aromatic nitrogens is 1. The second-order valence-corrected chi connectivity index (χ2v) is 4.12. The maximum absolute atomic E-state index is 4.41. The van der Waals surface area contributed by atoms with Gasteiger partial charge in [-0.2, -0.15) is 0 Å². The average Bonchev–Trinajstić information content (AvgIpc) is 2.31. The second-order valence-electron chi connectivity index (χ2n) is 4.12. The molecule has 0 unspecified atom stereocenters. The summed E-state index contributed by atoms with van der Waals surface area (Å²) in [6, 6.07) is 14.2. The molecule has 1 N–H and O–H groups in total. The molecule has 2 aromatic rings. The lowest BCUT2D eigenvalue weighted by Gasteiger charge is -2.08. The van der Waals surface area contributed by atoms with Gasteiger partial charge in [-0.05, 0) is 30.2 Å². The number of hydrogen-bond donors (Lipinski definition) is 1. The van der Waals surface area contributed by atoms with E-state index >= 15 is 0 Å². The van der Waals surface area contributed by atoms with Gasteiger partial charge in [0.2, 0.25) is 0 Å². The fraction of sp³-hybridized carbons (Fsp3) is 0.214. The van der Waals surface area contributed by atoms with Crippen molar-refractivity contribution in [3.8, 4) is 0 Å². The van der Waals surface area contributed by atoms with E-state index in [-0.39, 0.29) is 0 Å². The first kappa shape index (κ1) is 10.7. The molecule has 2 rings (SSSR count). The molecule has 0 saturated carbocycles. The van der Waals surface area contributed by atoms with Gasteiger partial charge in [0, 0.05) is 11.4 Å². The molecule has 0 amide bonds. The van der Waals surface area contributed by atoms with Crippen LogP contribution in [0.4, 0.5) is 11.4 Å². The van der Waals surface area contributed by atoms with E-state index in [1.807, 2.05) is 36.5 Å². The number of para-hydroxylation sites is 1. The van der Waals surface area contributed by atoms with Crippen LogP contribution in [0.1, 0.15) is 25.5 Å². The Morgan fingerprint density at radius 3 is 2.25 bits per heavy atom. The molecule has 2 nitrogen and oxygen atoms in total. The van der Waals surface area contributed by atoms with Gasteiger partial charge in [0.25, 0.3) is 0 Å². The summed E-state index contributed by atoms with van der Waals surface area (Å²) in [5, 5.41) is 3.31. The maximum atomic E-state index is 4.41. The fourth-order valence-electron chi connectivity index (χ4n) is 1.51. The molecule has 0 aliphatic rings. The Bertz CT molecular complexity index is 432. The zero-order valence-electron chi connectivity index (χ0n) is 9.64. The molecule has 0 saturated heterocycles. The molecule has 1 aromatic heterocycles. The highest BCUT2D eigenvalue weighted by atomic mass is 14.9. The summed E-state index contributed by atoms with van der Waals surface area (Å²) in [5.41, 5.74) is 3.23. The summed E-state index contributed by atoms with van der Waals surface area (Å²) in [6.07, 6.45) is 1.88. The van der Waals surface area contributed by atoms with Gasteiger partial charge in [0.15, 0.2) is 0 Å². The van der Waals surface area contributed by atoms with Crippen LogP contribution < -0.4 is 5.32 Å². The summed E-state index contributed by atoms with van der Waals surface area (Å²) in [5.74, 6) is 0.478. The first-order valence-electron chi connectivity index (χ1n) is 5.54. The highest BCUT2D eigenvalue weighted by Crippen LogP contribution is 2.17. The molecule has 1 aromatic carbocycles. The topological polar surface area (TPSA) is 24.9 Å². The number of nitrogens with one attached hydrogen (secondary N) is 1. The quantitative estimate of drug-likeness (QED) is 0.833. The van der Waals surface area contributed by atoms with Crippen molar-refractivity contribution >= 4 is 11.4 Å². The third-order valence-corrected chi connectivity index (χ3v) is 2.44.